The maximum absolute atomic E-state index is 6.35. The summed E-state index contributed by atoms with van der Waals surface area (Å²) >= 11 is 0. The third-order valence-electron chi connectivity index (χ3n) is 4.77. The Morgan fingerprint density at radius 2 is 1.76 bits per heavy atom. The van der Waals surface area contributed by atoms with Crippen molar-refractivity contribution in [3.63, 3.8) is 0 Å². The van der Waals surface area contributed by atoms with Crippen molar-refractivity contribution in [2.45, 2.75) is 51.4 Å². The second kappa shape index (κ2) is 5.92. The lowest BCUT2D eigenvalue weighted by Gasteiger charge is -2.15. The average Bonchev–Trinajstić information content (AvgIpc) is 2.70. The van der Waals surface area contributed by atoms with Gasteiger partial charge in [0.25, 0.3) is 0 Å². The minimum Gasteiger partial charge on any atom is -0.383 e. The molecule has 21 heavy (non-hydrogen) atoms. The van der Waals surface area contributed by atoms with Gasteiger partial charge in [0.1, 0.15) is 5.82 Å². The van der Waals surface area contributed by atoms with Crippen LogP contribution in [0, 0.1) is 6.92 Å². The molecule has 1 aromatic heterocycles. The van der Waals surface area contributed by atoms with E-state index in [1.165, 1.54) is 60.9 Å². The molecule has 0 radical (unpaired) electrons. The SMILES string of the molecule is Cc1ccccc1-c1c(C2CCCCCC2)nn(C)c1N. The first kappa shape index (κ1) is 14.2. The fourth-order valence-electron chi connectivity index (χ4n) is 3.53. The summed E-state index contributed by atoms with van der Waals surface area (Å²) in [5.41, 5.74) is 11.2. The normalized spacial score (nSPS) is 16.9. The zero-order valence-corrected chi connectivity index (χ0v) is 13.1. The minimum absolute atomic E-state index is 0.561. The third-order valence-corrected chi connectivity index (χ3v) is 4.77. The first-order valence-corrected chi connectivity index (χ1v) is 8.07. The van der Waals surface area contributed by atoms with Crippen molar-refractivity contribution in [3.05, 3.63) is 35.5 Å². The first-order chi connectivity index (χ1) is 10.2. The maximum Gasteiger partial charge on any atom is 0.129 e. The van der Waals surface area contributed by atoms with Crippen LogP contribution in [0.3, 0.4) is 0 Å². The van der Waals surface area contributed by atoms with Crippen molar-refractivity contribution in [3.8, 4) is 11.1 Å². The topological polar surface area (TPSA) is 43.8 Å². The van der Waals surface area contributed by atoms with Gasteiger partial charge in [-0.3, -0.25) is 4.68 Å². The Morgan fingerprint density at radius 3 is 2.43 bits per heavy atom. The second-order valence-corrected chi connectivity index (χ2v) is 6.27. The Balaban J connectivity index is 2.09. The Hall–Kier alpha value is -1.77. The summed E-state index contributed by atoms with van der Waals surface area (Å²) in [6.45, 7) is 2.15. The smallest absolute Gasteiger partial charge is 0.129 e. The Kier molecular flexibility index (Phi) is 4.00. The molecule has 1 aliphatic carbocycles. The van der Waals surface area contributed by atoms with Gasteiger partial charge in [-0.1, -0.05) is 49.9 Å². The Bertz CT molecular complexity index is 619. The Labute approximate surface area is 127 Å². The molecule has 0 atom stereocenters. The van der Waals surface area contributed by atoms with Gasteiger partial charge in [-0.25, -0.2) is 0 Å². The molecule has 1 aromatic carbocycles. The summed E-state index contributed by atoms with van der Waals surface area (Å²) < 4.78 is 1.85. The molecule has 0 aliphatic heterocycles. The van der Waals surface area contributed by atoms with E-state index in [0.717, 1.165) is 5.82 Å². The number of aromatic nitrogens is 2. The standard InChI is InChI=1S/C18H25N3/c1-13-9-7-8-12-15(13)16-17(20-21(2)18(16)19)14-10-5-3-4-6-11-14/h7-9,12,14H,3-6,10-11,19H2,1-2H3. The molecule has 112 valence electrons. The molecule has 0 amide bonds. The van der Waals surface area contributed by atoms with Crippen LogP contribution in [0.1, 0.15) is 55.7 Å². The summed E-state index contributed by atoms with van der Waals surface area (Å²) in [5.74, 6) is 1.36. The minimum atomic E-state index is 0.561. The van der Waals surface area contributed by atoms with Crippen LogP contribution in [0.25, 0.3) is 11.1 Å². The van der Waals surface area contributed by atoms with Crippen molar-refractivity contribution >= 4 is 5.82 Å². The van der Waals surface area contributed by atoms with Crippen LogP contribution in [-0.4, -0.2) is 9.78 Å². The van der Waals surface area contributed by atoms with Crippen LogP contribution in [0.2, 0.25) is 0 Å². The van der Waals surface area contributed by atoms with Crippen LogP contribution < -0.4 is 5.73 Å². The first-order valence-electron chi connectivity index (χ1n) is 8.07. The molecule has 1 aliphatic rings. The van der Waals surface area contributed by atoms with Gasteiger partial charge in [-0.15, -0.1) is 0 Å². The molecule has 2 aromatic rings. The van der Waals surface area contributed by atoms with Gasteiger partial charge in [0.15, 0.2) is 0 Å². The lowest BCUT2D eigenvalue weighted by atomic mass is 9.90. The van der Waals surface area contributed by atoms with Crippen LogP contribution in [0.4, 0.5) is 5.82 Å². The molecular formula is C18H25N3. The number of nitrogens with two attached hydrogens (primary N) is 1. The summed E-state index contributed by atoms with van der Waals surface area (Å²) in [6.07, 6.45) is 7.84. The molecule has 1 heterocycles. The van der Waals surface area contributed by atoms with E-state index in [0.29, 0.717) is 5.92 Å². The number of anilines is 1. The van der Waals surface area contributed by atoms with Gasteiger partial charge in [-0.2, -0.15) is 5.10 Å². The zero-order chi connectivity index (χ0) is 14.8. The summed E-state index contributed by atoms with van der Waals surface area (Å²) in [7, 11) is 1.96. The van der Waals surface area contributed by atoms with E-state index in [-0.39, 0.29) is 0 Å². The van der Waals surface area contributed by atoms with Crippen molar-refractivity contribution in [1.82, 2.24) is 9.78 Å². The molecule has 3 nitrogen and oxygen atoms in total. The molecular weight excluding hydrogens is 258 g/mol. The number of nitrogens with zero attached hydrogens (tertiary/aromatic N) is 2. The fourth-order valence-corrected chi connectivity index (χ4v) is 3.53. The number of hydrogen-bond acceptors (Lipinski definition) is 2. The number of aryl methyl sites for hydroxylation is 2. The predicted molar refractivity (Wildman–Crippen MR) is 88.2 cm³/mol. The molecule has 0 unspecified atom stereocenters. The van der Waals surface area contributed by atoms with Crippen molar-refractivity contribution in [2.24, 2.45) is 7.05 Å². The lowest BCUT2D eigenvalue weighted by molar-refractivity contribution is 0.567. The zero-order valence-electron chi connectivity index (χ0n) is 13.1. The van der Waals surface area contributed by atoms with Gasteiger partial charge < -0.3 is 5.73 Å². The van der Waals surface area contributed by atoms with E-state index in [9.17, 15) is 0 Å². The van der Waals surface area contributed by atoms with E-state index in [1.54, 1.807) is 0 Å². The Morgan fingerprint density at radius 1 is 1.10 bits per heavy atom. The van der Waals surface area contributed by atoms with Gasteiger partial charge in [0, 0.05) is 18.5 Å². The van der Waals surface area contributed by atoms with Crippen LogP contribution >= 0.6 is 0 Å². The van der Waals surface area contributed by atoms with Crippen LogP contribution in [-0.2, 0) is 7.05 Å². The van der Waals surface area contributed by atoms with Crippen LogP contribution in [0.15, 0.2) is 24.3 Å². The summed E-state index contributed by atoms with van der Waals surface area (Å²) in [5, 5.41) is 4.78. The van der Waals surface area contributed by atoms with Gasteiger partial charge in [-0.05, 0) is 30.9 Å². The molecule has 0 spiro atoms. The quantitative estimate of drug-likeness (QED) is 0.829. The maximum atomic E-state index is 6.35. The molecule has 1 fully saturated rings. The highest BCUT2D eigenvalue weighted by atomic mass is 15.3. The molecule has 0 saturated heterocycles. The van der Waals surface area contributed by atoms with E-state index in [1.807, 2.05) is 11.7 Å². The number of rotatable bonds is 2. The second-order valence-electron chi connectivity index (χ2n) is 6.27. The molecule has 3 rings (SSSR count). The monoisotopic (exact) mass is 283 g/mol. The van der Waals surface area contributed by atoms with Crippen LogP contribution in [0.5, 0.6) is 0 Å². The van der Waals surface area contributed by atoms with Crippen molar-refractivity contribution < 1.29 is 0 Å². The van der Waals surface area contributed by atoms with E-state index in [4.69, 9.17) is 10.8 Å². The van der Waals surface area contributed by atoms with Crippen molar-refractivity contribution in [1.29, 1.82) is 0 Å². The lowest BCUT2D eigenvalue weighted by Crippen LogP contribution is -2.01. The number of nitrogen functional groups attached to an aromatic ring is 1. The summed E-state index contributed by atoms with van der Waals surface area (Å²) in [4.78, 5) is 0. The van der Waals surface area contributed by atoms with E-state index < -0.39 is 0 Å². The number of benzene rings is 1. The molecule has 1 saturated carbocycles. The largest absolute Gasteiger partial charge is 0.383 e. The highest BCUT2D eigenvalue weighted by molar-refractivity contribution is 5.79. The van der Waals surface area contributed by atoms with E-state index >= 15 is 0 Å². The van der Waals surface area contributed by atoms with Gasteiger partial charge in [0.05, 0.1) is 5.69 Å². The predicted octanol–water partition coefficient (Wildman–Crippen LogP) is 4.42. The fraction of sp³-hybridized carbons (Fsp3) is 0.500. The third kappa shape index (κ3) is 2.69. The van der Waals surface area contributed by atoms with Gasteiger partial charge >= 0.3 is 0 Å². The summed E-state index contributed by atoms with van der Waals surface area (Å²) in [6, 6.07) is 8.49. The van der Waals surface area contributed by atoms with E-state index in [2.05, 4.69) is 31.2 Å². The van der Waals surface area contributed by atoms with Gasteiger partial charge in [0.2, 0.25) is 0 Å². The molecule has 3 heteroatoms. The highest BCUT2D eigenvalue weighted by Crippen LogP contribution is 2.40. The number of hydrogen-bond donors (Lipinski definition) is 1. The molecule has 0 bridgehead atoms. The molecule has 2 N–H and O–H groups in total. The average molecular weight is 283 g/mol. The van der Waals surface area contributed by atoms with Crippen molar-refractivity contribution in [2.75, 3.05) is 5.73 Å². The highest BCUT2D eigenvalue weighted by Gasteiger charge is 2.24.